The summed E-state index contributed by atoms with van der Waals surface area (Å²) < 4.78 is 0. The quantitative estimate of drug-likeness (QED) is 0.463. The predicted octanol–water partition coefficient (Wildman–Crippen LogP) is 6.39. The van der Waals surface area contributed by atoms with Crippen LogP contribution in [0.2, 0.25) is 0 Å². The Hall–Kier alpha value is -3.32. The van der Waals surface area contributed by atoms with E-state index in [2.05, 4.69) is 54.6 Å². The minimum atomic E-state index is 0.298. The van der Waals surface area contributed by atoms with E-state index >= 15 is 0 Å². The first-order chi connectivity index (χ1) is 12.3. The molecule has 120 valence electrons. The van der Waals surface area contributed by atoms with Gasteiger partial charge in [-0.1, -0.05) is 91.0 Å². The molecule has 0 unspecified atom stereocenters. The van der Waals surface area contributed by atoms with Gasteiger partial charge in [0.1, 0.15) is 5.75 Å². The molecule has 4 aromatic rings. The van der Waals surface area contributed by atoms with Gasteiger partial charge in [0.05, 0.1) is 0 Å². The van der Waals surface area contributed by atoms with Crippen LogP contribution in [0.25, 0.3) is 33.4 Å². The van der Waals surface area contributed by atoms with Gasteiger partial charge in [-0.25, -0.2) is 0 Å². The summed E-state index contributed by atoms with van der Waals surface area (Å²) in [6.07, 6.45) is 0. The topological polar surface area (TPSA) is 20.2 Å². The van der Waals surface area contributed by atoms with Crippen molar-refractivity contribution in [2.24, 2.45) is 0 Å². The van der Waals surface area contributed by atoms with Crippen molar-refractivity contribution in [2.45, 2.75) is 0 Å². The van der Waals surface area contributed by atoms with Gasteiger partial charge in [0.2, 0.25) is 0 Å². The number of phenols is 1. The predicted molar refractivity (Wildman–Crippen MR) is 104 cm³/mol. The second-order valence-corrected chi connectivity index (χ2v) is 6.01. The molecular formula is C24H18O. The molecule has 1 heteroatoms. The molecule has 1 nitrogen and oxygen atoms in total. The summed E-state index contributed by atoms with van der Waals surface area (Å²) in [5, 5.41) is 10.3. The van der Waals surface area contributed by atoms with E-state index in [1.165, 1.54) is 11.1 Å². The molecule has 25 heavy (non-hydrogen) atoms. The normalized spacial score (nSPS) is 10.6. The molecular weight excluding hydrogens is 304 g/mol. The van der Waals surface area contributed by atoms with Crippen molar-refractivity contribution in [1.82, 2.24) is 0 Å². The third-order valence-electron chi connectivity index (χ3n) is 4.40. The zero-order valence-electron chi connectivity index (χ0n) is 13.8. The largest absolute Gasteiger partial charge is 0.507 e. The summed E-state index contributed by atoms with van der Waals surface area (Å²) in [7, 11) is 0. The fourth-order valence-corrected chi connectivity index (χ4v) is 3.16. The molecule has 0 saturated heterocycles. The van der Waals surface area contributed by atoms with Gasteiger partial charge in [-0.2, -0.15) is 0 Å². The lowest BCUT2D eigenvalue weighted by Crippen LogP contribution is -1.86. The highest BCUT2D eigenvalue weighted by atomic mass is 16.3. The third kappa shape index (κ3) is 3.05. The molecule has 0 radical (unpaired) electrons. The Morgan fingerprint density at radius 3 is 1.48 bits per heavy atom. The van der Waals surface area contributed by atoms with Crippen LogP contribution < -0.4 is 0 Å². The number of rotatable bonds is 3. The van der Waals surface area contributed by atoms with Crippen LogP contribution in [-0.2, 0) is 0 Å². The number of aromatic hydroxyl groups is 1. The van der Waals surface area contributed by atoms with E-state index in [1.54, 1.807) is 6.07 Å². The van der Waals surface area contributed by atoms with Gasteiger partial charge >= 0.3 is 0 Å². The van der Waals surface area contributed by atoms with Gasteiger partial charge in [-0.3, -0.25) is 0 Å². The Bertz CT molecular complexity index is 989. The zero-order chi connectivity index (χ0) is 17.1. The molecule has 0 amide bonds. The number of phenolic OH excluding ortho intramolecular Hbond substituents is 1. The molecule has 0 spiro atoms. The van der Waals surface area contributed by atoms with Crippen LogP contribution in [0.15, 0.2) is 103 Å². The Balaban J connectivity index is 1.87. The average molecular weight is 322 g/mol. The summed E-state index contributed by atoms with van der Waals surface area (Å²) in [5.41, 5.74) is 6.49. The molecule has 4 aromatic carbocycles. The molecule has 4 rings (SSSR count). The van der Waals surface area contributed by atoms with Crippen LogP contribution in [0.1, 0.15) is 0 Å². The van der Waals surface area contributed by atoms with Crippen molar-refractivity contribution in [3.05, 3.63) is 103 Å². The van der Waals surface area contributed by atoms with Crippen molar-refractivity contribution in [1.29, 1.82) is 0 Å². The van der Waals surface area contributed by atoms with Gasteiger partial charge in [0, 0.05) is 5.56 Å². The number of benzene rings is 4. The van der Waals surface area contributed by atoms with Crippen LogP contribution in [0.3, 0.4) is 0 Å². The molecule has 0 heterocycles. The van der Waals surface area contributed by atoms with E-state index in [-0.39, 0.29) is 0 Å². The summed E-state index contributed by atoms with van der Waals surface area (Å²) in [6, 6.07) is 34.6. The Kier molecular flexibility index (Phi) is 4.05. The molecule has 0 fully saturated rings. The van der Waals surface area contributed by atoms with Crippen LogP contribution in [-0.4, -0.2) is 5.11 Å². The van der Waals surface area contributed by atoms with Crippen molar-refractivity contribution in [2.75, 3.05) is 0 Å². The van der Waals surface area contributed by atoms with Crippen LogP contribution in [0, 0.1) is 0 Å². The summed E-state index contributed by atoms with van der Waals surface area (Å²) in [4.78, 5) is 0. The maximum atomic E-state index is 10.3. The summed E-state index contributed by atoms with van der Waals surface area (Å²) in [5.74, 6) is 0.298. The first-order valence-corrected chi connectivity index (χ1v) is 8.36. The van der Waals surface area contributed by atoms with E-state index in [4.69, 9.17) is 0 Å². The fourth-order valence-electron chi connectivity index (χ4n) is 3.16. The molecule has 1 N–H and O–H groups in total. The van der Waals surface area contributed by atoms with Gasteiger partial charge in [0.15, 0.2) is 0 Å². The SMILES string of the molecule is Oc1ccc(-c2ccccc2-c2ccccc2)cc1-c1ccccc1. The third-order valence-corrected chi connectivity index (χ3v) is 4.40. The summed E-state index contributed by atoms with van der Waals surface area (Å²) >= 11 is 0. The molecule has 0 bridgehead atoms. The average Bonchev–Trinajstić information content (AvgIpc) is 2.70. The van der Waals surface area contributed by atoms with E-state index < -0.39 is 0 Å². The Morgan fingerprint density at radius 2 is 0.880 bits per heavy atom. The van der Waals surface area contributed by atoms with Gasteiger partial charge in [-0.15, -0.1) is 0 Å². The van der Waals surface area contributed by atoms with E-state index in [9.17, 15) is 5.11 Å². The first kappa shape index (κ1) is 15.2. The molecule has 0 saturated carbocycles. The monoisotopic (exact) mass is 322 g/mol. The molecule has 0 aliphatic heterocycles. The second-order valence-electron chi connectivity index (χ2n) is 6.01. The molecule has 0 aromatic heterocycles. The summed E-state index contributed by atoms with van der Waals surface area (Å²) in [6.45, 7) is 0. The van der Waals surface area contributed by atoms with Crippen molar-refractivity contribution in [3.8, 4) is 39.1 Å². The highest BCUT2D eigenvalue weighted by molar-refractivity contribution is 5.86. The zero-order valence-corrected chi connectivity index (χ0v) is 13.8. The minimum absolute atomic E-state index is 0.298. The maximum Gasteiger partial charge on any atom is 0.123 e. The maximum absolute atomic E-state index is 10.3. The lowest BCUT2D eigenvalue weighted by atomic mass is 9.92. The van der Waals surface area contributed by atoms with Crippen molar-refractivity contribution >= 4 is 0 Å². The number of hydrogen-bond acceptors (Lipinski definition) is 1. The second kappa shape index (κ2) is 6.66. The van der Waals surface area contributed by atoms with Gasteiger partial charge < -0.3 is 5.11 Å². The van der Waals surface area contributed by atoms with Crippen LogP contribution >= 0.6 is 0 Å². The van der Waals surface area contributed by atoms with Crippen LogP contribution in [0.4, 0.5) is 0 Å². The lowest BCUT2D eigenvalue weighted by Gasteiger charge is -2.13. The first-order valence-electron chi connectivity index (χ1n) is 8.36. The minimum Gasteiger partial charge on any atom is -0.507 e. The van der Waals surface area contributed by atoms with E-state index in [1.807, 2.05) is 42.5 Å². The molecule has 0 aliphatic carbocycles. The highest BCUT2D eigenvalue weighted by Gasteiger charge is 2.10. The van der Waals surface area contributed by atoms with E-state index in [0.29, 0.717) is 5.75 Å². The lowest BCUT2D eigenvalue weighted by molar-refractivity contribution is 0.477. The Morgan fingerprint density at radius 1 is 0.400 bits per heavy atom. The Labute approximate surface area is 147 Å². The van der Waals surface area contributed by atoms with E-state index in [0.717, 1.165) is 22.3 Å². The fraction of sp³-hybridized carbons (Fsp3) is 0. The van der Waals surface area contributed by atoms with Crippen molar-refractivity contribution < 1.29 is 5.11 Å². The highest BCUT2D eigenvalue weighted by Crippen LogP contribution is 2.37. The van der Waals surface area contributed by atoms with Crippen LogP contribution in [0.5, 0.6) is 5.75 Å². The smallest absolute Gasteiger partial charge is 0.123 e. The molecule has 0 atom stereocenters. The van der Waals surface area contributed by atoms with Gasteiger partial charge in [0.25, 0.3) is 0 Å². The number of hydrogen-bond donors (Lipinski definition) is 1. The van der Waals surface area contributed by atoms with Crippen molar-refractivity contribution in [3.63, 3.8) is 0 Å². The molecule has 0 aliphatic rings. The standard InChI is InChI=1S/C24H18O/c25-24-16-15-20(17-23(24)19-11-5-2-6-12-19)22-14-8-7-13-21(22)18-9-3-1-4-10-18/h1-17,25H. The van der Waals surface area contributed by atoms with Gasteiger partial charge in [-0.05, 0) is 39.9 Å².